The maximum absolute atomic E-state index is 9.72. The van der Waals surface area contributed by atoms with E-state index in [-0.39, 0.29) is 0 Å². The Morgan fingerprint density at radius 1 is 1.07 bits per heavy atom. The maximum atomic E-state index is 9.72. The zero-order chi connectivity index (χ0) is 21.0. The number of hydrogen-bond donors (Lipinski definition) is 0. The molecule has 0 N–H and O–H groups in total. The van der Waals surface area contributed by atoms with Gasteiger partial charge >= 0.3 is 0 Å². The van der Waals surface area contributed by atoms with E-state index in [2.05, 4.69) is 37.9 Å². The number of halogens is 4. The predicted octanol–water partition coefficient (Wildman–Crippen LogP) is 8.47. The average Bonchev–Trinajstić information content (AvgIpc) is 2.67. The van der Waals surface area contributed by atoms with Gasteiger partial charge in [0.1, 0.15) is 12.4 Å². The maximum Gasteiger partial charge on any atom is 0.141 e. The van der Waals surface area contributed by atoms with Crippen molar-refractivity contribution in [1.29, 1.82) is 5.26 Å². The number of hydrogen-bond acceptors (Lipinski definition) is 2. The van der Waals surface area contributed by atoms with Crippen molar-refractivity contribution in [2.75, 3.05) is 0 Å². The number of ether oxygens (including phenoxy) is 1. The van der Waals surface area contributed by atoms with Crippen LogP contribution in [0, 0.1) is 18.3 Å². The summed E-state index contributed by atoms with van der Waals surface area (Å²) in [6, 6.07) is 19.3. The Morgan fingerprint density at radius 3 is 2.45 bits per heavy atom. The van der Waals surface area contributed by atoms with E-state index in [1.807, 2.05) is 43.3 Å². The molecule has 0 aliphatic rings. The molecule has 0 radical (unpaired) electrons. The van der Waals surface area contributed by atoms with Crippen LogP contribution in [0.5, 0.6) is 5.75 Å². The van der Waals surface area contributed by atoms with Crippen LogP contribution in [0.25, 0.3) is 11.6 Å². The first kappa shape index (κ1) is 21.9. The lowest BCUT2D eigenvalue weighted by atomic mass is 10.0. The molecule has 6 heteroatoms. The minimum absolute atomic E-state index is 0.408. The molecule has 0 heterocycles. The van der Waals surface area contributed by atoms with Gasteiger partial charge in [-0.25, -0.2) is 0 Å². The molecule has 3 aromatic carbocycles. The van der Waals surface area contributed by atoms with E-state index >= 15 is 0 Å². The lowest BCUT2D eigenvalue weighted by molar-refractivity contribution is 0.303. The zero-order valence-corrected chi connectivity index (χ0v) is 20.0. The predicted molar refractivity (Wildman–Crippen MR) is 127 cm³/mol. The third-order valence-corrected chi connectivity index (χ3v) is 5.78. The van der Waals surface area contributed by atoms with Crippen molar-refractivity contribution in [3.63, 3.8) is 0 Å². The van der Waals surface area contributed by atoms with Crippen molar-refractivity contribution < 1.29 is 4.74 Å². The molecule has 146 valence electrons. The number of aryl methyl sites for hydroxylation is 1. The van der Waals surface area contributed by atoms with Crippen molar-refractivity contribution in [3.05, 3.63) is 95.8 Å². The number of nitrogens with zero attached hydrogens (tertiary/aromatic N) is 1. The van der Waals surface area contributed by atoms with E-state index in [4.69, 9.17) is 27.9 Å². The third-order valence-electron chi connectivity index (χ3n) is 4.18. The molecular weight excluding hydrogens is 537 g/mol. The third kappa shape index (κ3) is 5.65. The van der Waals surface area contributed by atoms with Gasteiger partial charge < -0.3 is 4.74 Å². The molecule has 0 saturated heterocycles. The van der Waals surface area contributed by atoms with Gasteiger partial charge in [-0.1, -0.05) is 75.0 Å². The summed E-state index contributed by atoms with van der Waals surface area (Å²) in [7, 11) is 0. The Kier molecular flexibility index (Phi) is 7.43. The topological polar surface area (TPSA) is 33.0 Å². The van der Waals surface area contributed by atoms with E-state index < -0.39 is 0 Å². The van der Waals surface area contributed by atoms with E-state index in [0.717, 1.165) is 20.1 Å². The Balaban J connectivity index is 2.00. The van der Waals surface area contributed by atoms with Crippen LogP contribution in [0.3, 0.4) is 0 Å². The molecule has 0 aliphatic carbocycles. The Labute approximate surface area is 197 Å². The molecule has 29 heavy (non-hydrogen) atoms. The Morgan fingerprint density at radius 2 is 1.79 bits per heavy atom. The van der Waals surface area contributed by atoms with E-state index in [9.17, 15) is 5.26 Å². The van der Waals surface area contributed by atoms with Crippen LogP contribution in [-0.4, -0.2) is 0 Å². The second-order valence-corrected chi connectivity index (χ2v) is 8.99. The highest BCUT2D eigenvalue weighted by atomic mass is 79.9. The van der Waals surface area contributed by atoms with E-state index in [1.165, 1.54) is 5.56 Å². The quantitative estimate of drug-likeness (QED) is 0.235. The van der Waals surface area contributed by atoms with Crippen molar-refractivity contribution in [2.45, 2.75) is 13.5 Å². The minimum atomic E-state index is 0.408. The van der Waals surface area contributed by atoms with Gasteiger partial charge in [-0.3, -0.25) is 0 Å². The van der Waals surface area contributed by atoms with Crippen LogP contribution in [0.1, 0.15) is 22.3 Å². The summed E-state index contributed by atoms with van der Waals surface area (Å²) in [4.78, 5) is 0. The lowest BCUT2D eigenvalue weighted by Gasteiger charge is -2.13. The Hall–Kier alpha value is -1.77. The van der Waals surface area contributed by atoms with Gasteiger partial charge in [0.05, 0.1) is 21.1 Å². The van der Waals surface area contributed by atoms with Gasteiger partial charge in [0, 0.05) is 20.6 Å². The molecule has 0 amide bonds. The van der Waals surface area contributed by atoms with E-state index in [0.29, 0.717) is 33.5 Å². The first-order valence-electron chi connectivity index (χ1n) is 8.62. The van der Waals surface area contributed by atoms with E-state index in [1.54, 1.807) is 24.3 Å². The van der Waals surface area contributed by atoms with Crippen LogP contribution >= 0.6 is 55.1 Å². The molecule has 0 aliphatic heterocycles. The monoisotopic (exact) mass is 549 g/mol. The normalized spacial score (nSPS) is 11.2. The highest BCUT2D eigenvalue weighted by Crippen LogP contribution is 2.37. The molecule has 0 bridgehead atoms. The first-order chi connectivity index (χ1) is 13.9. The average molecular weight is 552 g/mol. The molecule has 3 aromatic rings. The summed E-state index contributed by atoms with van der Waals surface area (Å²) < 4.78 is 7.74. The number of rotatable bonds is 5. The van der Waals surface area contributed by atoms with Crippen LogP contribution in [0.2, 0.25) is 10.0 Å². The zero-order valence-electron chi connectivity index (χ0n) is 15.3. The fraction of sp³-hybridized carbons (Fsp3) is 0.0870. The van der Waals surface area contributed by atoms with Gasteiger partial charge in [-0.15, -0.1) is 0 Å². The summed E-state index contributed by atoms with van der Waals surface area (Å²) in [5.41, 5.74) is 4.03. The van der Waals surface area contributed by atoms with Crippen LogP contribution in [0.4, 0.5) is 0 Å². The summed E-state index contributed by atoms with van der Waals surface area (Å²) in [6.45, 7) is 2.45. The SMILES string of the molecule is Cc1ccc(COc2c(Br)cc(Br)cc2/C=C(\C#N)c2ccc(Cl)cc2Cl)cc1. The van der Waals surface area contributed by atoms with Gasteiger partial charge in [0.2, 0.25) is 0 Å². The molecular formula is C23H15Br2Cl2NO. The molecule has 0 unspecified atom stereocenters. The molecule has 0 fully saturated rings. The number of nitriles is 1. The second-order valence-electron chi connectivity index (χ2n) is 6.37. The fourth-order valence-corrected chi connectivity index (χ4v) is 4.60. The highest BCUT2D eigenvalue weighted by Gasteiger charge is 2.13. The summed E-state index contributed by atoms with van der Waals surface area (Å²) >= 11 is 19.3. The molecule has 0 spiro atoms. The summed E-state index contributed by atoms with van der Waals surface area (Å²) in [5, 5.41) is 10.7. The van der Waals surface area contributed by atoms with Gasteiger partial charge in [-0.05, 0) is 58.8 Å². The van der Waals surface area contributed by atoms with Crippen LogP contribution < -0.4 is 4.74 Å². The second kappa shape index (κ2) is 9.82. The molecule has 3 rings (SSSR count). The largest absolute Gasteiger partial charge is 0.487 e. The lowest BCUT2D eigenvalue weighted by Crippen LogP contribution is -1.98. The molecule has 0 aromatic heterocycles. The van der Waals surface area contributed by atoms with Crippen molar-refractivity contribution >= 4 is 66.7 Å². The van der Waals surface area contributed by atoms with Crippen molar-refractivity contribution in [1.82, 2.24) is 0 Å². The van der Waals surface area contributed by atoms with Gasteiger partial charge in [0.25, 0.3) is 0 Å². The van der Waals surface area contributed by atoms with Gasteiger partial charge in [-0.2, -0.15) is 5.26 Å². The standard InChI is InChI=1S/C23H15Br2Cl2NO/c1-14-2-4-15(5-3-14)13-29-23-16(9-18(24)10-21(23)25)8-17(12-28)20-7-6-19(26)11-22(20)27/h2-11H,13H2,1H3/b17-8+. The highest BCUT2D eigenvalue weighted by molar-refractivity contribution is 9.11. The molecule has 0 atom stereocenters. The van der Waals surface area contributed by atoms with Crippen molar-refractivity contribution in [2.24, 2.45) is 0 Å². The fourth-order valence-electron chi connectivity index (χ4n) is 2.71. The van der Waals surface area contributed by atoms with Crippen LogP contribution in [0.15, 0.2) is 63.5 Å². The van der Waals surface area contributed by atoms with Crippen LogP contribution in [-0.2, 0) is 6.61 Å². The molecule has 0 saturated carbocycles. The smallest absolute Gasteiger partial charge is 0.141 e. The first-order valence-corrected chi connectivity index (χ1v) is 11.0. The summed E-state index contributed by atoms with van der Waals surface area (Å²) in [6.07, 6.45) is 1.76. The number of benzene rings is 3. The van der Waals surface area contributed by atoms with Gasteiger partial charge in [0.15, 0.2) is 0 Å². The Bertz CT molecular complexity index is 1120. The van der Waals surface area contributed by atoms with Crippen molar-refractivity contribution in [3.8, 4) is 11.8 Å². The number of allylic oxidation sites excluding steroid dienone is 1. The minimum Gasteiger partial charge on any atom is -0.487 e. The molecule has 2 nitrogen and oxygen atoms in total. The summed E-state index contributed by atoms with van der Waals surface area (Å²) in [5.74, 6) is 0.645.